The van der Waals surface area contributed by atoms with E-state index in [1.54, 1.807) is 0 Å². The lowest BCUT2D eigenvalue weighted by Crippen LogP contribution is -2.56. The minimum absolute atomic E-state index is 0.0838. The molecule has 4 nitrogen and oxygen atoms in total. The fourth-order valence-corrected chi connectivity index (χ4v) is 2.13. The van der Waals surface area contributed by atoms with Crippen LogP contribution in [0.1, 0.15) is 34.6 Å². The molecule has 0 radical (unpaired) electrons. The average Bonchev–Trinajstić information content (AvgIpc) is 2.37. The molecule has 0 bridgehead atoms. The smallest absolute Gasteiger partial charge is 0.225 e. The van der Waals surface area contributed by atoms with Gasteiger partial charge in [-0.3, -0.25) is 9.69 Å². The lowest BCUT2D eigenvalue weighted by molar-refractivity contribution is -0.138. The summed E-state index contributed by atoms with van der Waals surface area (Å²) in [6.07, 6.45) is 0. The van der Waals surface area contributed by atoms with Gasteiger partial charge in [0.25, 0.3) is 0 Å². The zero-order valence-corrected chi connectivity index (χ0v) is 12.2. The van der Waals surface area contributed by atoms with Gasteiger partial charge in [0.1, 0.15) is 5.54 Å². The van der Waals surface area contributed by atoms with Crippen LogP contribution in [-0.4, -0.2) is 47.4 Å². The Balaban J connectivity index is 2.55. The number of piperazine rings is 1. The van der Waals surface area contributed by atoms with Gasteiger partial charge in [0, 0.05) is 32.1 Å². The highest BCUT2D eigenvalue weighted by Gasteiger charge is 2.32. The SMILES string of the molecule is CC(C)C(C)C(=O)N1CCN(C(C)(C)C#N)CC1. The van der Waals surface area contributed by atoms with Crippen molar-refractivity contribution in [1.82, 2.24) is 9.80 Å². The molecule has 1 fully saturated rings. The molecular weight excluding hydrogens is 226 g/mol. The first-order chi connectivity index (χ1) is 8.29. The molecule has 0 saturated carbocycles. The van der Waals surface area contributed by atoms with Crippen molar-refractivity contribution in [2.45, 2.75) is 40.2 Å². The van der Waals surface area contributed by atoms with E-state index in [9.17, 15) is 4.79 Å². The van der Waals surface area contributed by atoms with Gasteiger partial charge in [-0.15, -0.1) is 0 Å². The maximum Gasteiger partial charge on any atom is 0.225 e. The van der Waals surface area contributed by atoms with E-state index in [0.717, 1.165) is 26.2 Å². The van der Waals surface area contributed by atoms with E-state index in [-0.39, 0.29) is 11.8 Å². The second-order valence-electron chi connectivity index (χ2n) is 6.02. The van der Waals surface area contributed by atoms with Gasteiger partial charge >= 0.3 is 0 Å². The van der Waals surface area contributed by atoms with E-state index in [4.69, 9.17) is 5.26 Å². The fourth-order valence-electron chi connectivity index (χ4n) is 2.13. The predicted octanol–water partition coefficient (Wildman–Crippen LogP) is 1.72. The summed E-state index contributed by atoms with van der Waals surface area (Å²) in [4.78, 5) is 16.3. The van der Waals surface area contributed by atoms with Crippen LogP contribution in [0.2, 0.25) is 0 Å². The van der Waals surface area contributed by atoms with Crippen molar-refractivity contribution in [1.29, 1.82) is 5.26 Å². The van der Waals surface area contributed by atoms with Crippen molar-refractivity contribution >= 4 is 5.91 Å². The molecule has 102 valence electrons. The van der Waals surface area contributed by atoms with E-state index in [1.807, 2.05) is 25.7 Å². The average molecular weight is 251 g/mol. The quantitative estimate of drug-likeness (QED) is 0.767. The molecular formula is C14H25N3O. The number of hydrogen-bond acceptors (Lipinski definition) is 3. The monoisotopic (exact) mass is 251 g/mol. The molecule has 0 aromatic heterocycles. The highest BCUT2D eigenvalue weighted by molar-refractivity contribution is 5.78. The molecule has 1 heterocycles. The van der Waals surface area contributed by atoms with Crippen LogP contribution in [0.3, 0.4) is 0 Å². The number of carbonyl (C=O) groups is 1. The summed E-state index contributed by atoms with van der Waals surface area (Å²) in [5.74, 6) is 0.714. The van der Waals surface area contributed by atoms with Crippen molar-refractivity contribution in [3.8, 4) is 6.07 Å². The summed E-state index contributed by atoms with van der Waals surface area (Å²) in [5, 5.41) is 9.11. The van der Waals surface area contributed by atoms with E-state index < -0.39 is 5.54 Å². The molecule has 1 saturated heterocycles. The van der Waals surface area contributed by atoms with Crippen LogP contribution < -0.4 is 0 Å². The largest absolute Gasteiger partial charge is 0.340 e. The molecule has 0 aromatic carbocycles. The molecule has 0 spiro atoms. The Morgan fingerprint density at radius 3 is 2.06 bits per heavy atom. The Bertz CT molecular complexity index is 335. The van der Waals surface area contributed by atoms with Gasteiger partial charge in [0.2, 0.25) is 5.91 Å². The van der Waals surface area contributed by atoms with Crippen LogP contribution in [0.15, 0.2) is 0 Å². The molecule has 1 rings (SSSR count). The second-order valence-corrected chi connectivity index (χ2v) is 6.02. The third-order valence-electron chi connectivity index (χ3n) is 4.05. The summed E-state index contributed by atoms with van der Waals surface area (Å²) in [6.45, 7) is 13.1. The molecule has 1 atom stereocenters. The first-order valence-corrected chi connectivity index (χ1v) is 6.74. The lowest BCUT2D eigenvalue weighted by Gasteiger charge is -2.41. The van der Waals surface area contributed by atoms with E-state index in [2.05, 4.69) is 24.8 Å². The van der Waals surface area contributed by atoms with Crippen LogP contribution in [0, 0.1) is 23.2 Å². The van der Waals surface area contributed by atoms with Crippen LogP contribution in [0.5, 0.6) is 0 Å². The van der Waals surface area contributed by atoms with Crippen molar-refractivity contribution in [3.63, 3.8) is 0 Å². The topological polar surface area (TPSA) is 47.3 Å². The van der Waals surface area contributed by atoms with Gasteiger partial charge in [-0.05, 0) is 19.8 Å². The summed E-state index contributed by atoms with van der Waals surface area (Å²) in [5.41, 5.74) is -0.432. The van der Waals surface area contributed by atoms with E-state index in [0.29, 0.717) is 5.92 Å². The third-order valence-corrected chi connectivity index (χ3v) is 4.05. The Morgan fingerprint density at radius 2 is 1.67 bits per heavy atom. The summed E-state index contributed by atoms with van der Waals surface area (Å²) in [6, 6.07) is 2.32. The molecule has 0 N–H and O–H groups in total. The fraction of sp³-hybridized carbons (Fsp3) is 0.857. The van der Waals surface area contributed by atoms with Crippen molar-refractivity contribution in [2.24, 2.45) is 11.8 Å². The van der Waals surface area contributed by atoms with E-state index >= 15 is 0 Å². The van der Waals surface area contributed by atoms with E-state index in [1.165, 1.54) is 0 Å². The molecule has 4 heteroatoms. The first-order valence-electron chi connectivity index (χ1n) is 6.74. The Morgan fingerprint density at radius 1 is 1.17 bits per heavy atom. The zero-order valence-electron chi connectivity index (χ0n) is 12.2. The Hall–Kier alpha value is -1.08. The third kappa shape index (κ3) is 3.23. The standard InChI is InChI=1S/C14H25N3O/c1-11(2)12(3)13(18)16-6-8-17(9-7-16)14(4,5)10-15/h11-12H,6-9H2,1-5H3. The van der Waals surface area contributed by atoms with Gasteiger partial charge < -0.3 is 4.90 Å². The maximum atomic E-state index is 12.2. The highest BCUT2D eigenvalue weighted by Crippen LogP contribution is 2.19. The van der Waals surface area contributed by atoms with Crippen LogP contribution >= 0.6 is 0 Å². The van der Waals surface area contributed by atoms with Gasteiger partial charge in [0.15, 0.2) is 0 Å². The first kappa shape index (κ1) is 15.0. The van der Waals surface area contributed by atoms with Crippen LogP contribution in [-0.2, 0) is 4.79 Å². The number of nitriles is 1. The number of rotatable bonds is 3. The highest BCUT2D eigenvalue weighted by atomic mass is 16.2. The molecule has 18 heavy (non-hydrogen) atoms. The molecule has 1 aliphatic rings. The van der Waals surface area contributed by atoms with Gasteiger partial charge in [-0.2, -0.15) is 5.26 Å². The minimum Gasteiger partial charge on any atom is -0.340 e. The number of carbonyl (C=O) groups excluding carboxylic acids is 1. The maximum absolute atomic E-state index is 12.2. The van der Waals surface area contributed by atoms with Crippen LogP contribution in [0.25, 0.3) is 0 Å². The van der Waals surface area contributed by atoms with Gasteiger partial charge in [-0.25, -0.2) is 0 Å². The number of amides is 1. The normalized spacial score (nSPS) is 19.7. The molecule has 0 aliphatic carbocycles. The van der Waals surface area contributed by atoms with Crippen LogP contribution in [0.4, 0.5) is 0 Å². The Labute approximate surface area is 111 Å². The number of hydrogen-bond donors (Lipinski definition) is 0. The zero-order chi connectivity index (χ0) is 13.9. The minimum atomic E-state index is -0.432. The molecule has 1 aliphatic heterocycles. The van der Waals surface area contributed by atoms with Gasteiger partial charge in [0.05, 0.1) is 6.07 Å². The summed E-state index contributed by atoms with van der Waals surface area (Å²) in [7, 11) is 0. The molecule has 1 amide bonds. The van der Waals surface area contributed by atoms with Gasteiger partial charge in [-0.1, -0.05) is 20.8 Å². The Kier molecular flexibility index (Phi) is 4.75. The second kappa shape index (κ2) is 5.71. The molecule has 1 unspecified atom stereocenters. The molecule has 0 aromatic rings. The van der Waals surface area contributed by atoms with Crippen molar-refractivity contribution in [2.75, 3.05) is 26.2 Å². The summed E-state index contributed by atoms with van der Waals surface area (Å²) >= 11 is 0. The lowest BCUT2D eigenvalue weighted by atomic mass is 9.96. The predicted molar refractivity (Wildman–Crippen MR) is 71.8 cm³/mol. The van der Waals surface area contributed by atoms with Crippen molar-refractivity contribution < 1.29 is 4.79 Å². The van der Waals surface area contributed by atoms with Crippen molar-refractivity contribution in [3.05, 3.63) is 0 Å². The number of nitrogens with zero attached hydrogens (tertiary/aromatic N) is 3. The summed E-state index contributed by atoms with van der Waals surface area (Å²) < 4.78 is 0.